The van der Waals surface area contributed by atoms with Gasteiger partial charge in [0.25, 0.3) is 0 Å². The number of sulfonamides is 1. The van der Waals surface area contributed by atoms with Crippen LogP contribution in [0.4, 0.5) is 0 Å². The molecule has 0 aliphatic carbocycles. The second-order valence-corrected chi connectivity index (χ2v) is 8.42. The quantitative estimate of drug-likeness (QED) is 0.892. The molecular formula is C18H22N2O3S. The fourth-order valence-corrected chi connectivity index (χ4v) is 5.57. The van der Waals surface area contributed by atoms with Crippen LogP contribution in [0.5, 0.6) is 5.75 Å². The van der Waals surface area contributed by atoms with Gasteiger partial charge in [0.2, 0.25) is 10.0 Å². The lowest BCUT2D eigenvalue weighted by molar-refractivity contribution is 0.345. The van der Waals surface area contributed by atoms with E-state index in [1.165, 1.54) is 0 Å². The molecule has 2 aliphatic heterocycles. The van der Waals surface area contributed by atoms with E-state index in [0.717, 1.165) is 31.1 Å². The summed E-state index contributed by atoms with van der Waals surface area (Å²) in [5.41, 5.74) is 0. The normalized spacial score (nSPS) is 26.6. The van der Waals surface area contributed by atoms with E-state index in [-0.39, 0.29) is 6.04 Å². The third-order valence-corrected chi connectivity index (χ3v) is 6.73. The highest BCUT2D eigenvalue weighted by atomic mass is 32.2. The monoisotopic (exact) mass is 346 g/mol. The van der Waals surface area contributed by atoms with Crippen LogP contribution >= 0.6 is 0 Å². The van der Waals surface area contributed by atoms with Crippen molar-refractivity contribution >= 4 is 20.8 Å². The zero-order valence-electron chi connectivity index (χ0n) is 13.7. The van der Waals surface area contributed by atoms with Gasteiger partial charge in [-0.3, -0.25) is 0 Å². The fraction of sp³-hybridized carbons (Fsp3) is 0.444. The first-order chi connectivity index (χ1) is 11.6. The largest absolute Gasteiger partial charge is 0.496 e. The SMILES string of the molecule is COc1ccc(S(=O)(=O)NC2CC3CCC(C2)N3)c2ccccc12. The number of rotatable bonds is 4. The smallest absolute Gasteiger partial charge is 0.241 e. The highest BCUT2D eigenvalue weighted by molar-refractivity contribution is 7.89. The summed E-state index contributed by atoms with van der Waals surface area (Å²) in [5, 5.41) is 5.05. The number of ether oxygens (including phenoxy) is 1. The van der Waals surface area contributed by atoms with Gasteiger partial charge in [0, 0.05) is 28.9 Å². The van der Waals surface area contributed by atoms with E-state index in [2.05, 4.69) is 10.0 Å². The van der Waals surface area contributed by atoms with Crippen molar-refractivity contribution in [2.75, 3.05) is 7.11 Å². The second kappa shape index (κ2) is 6.02. The molecule has 128 valence electrons. The first kappa shape index (κ1) is 15.9. The third-order valence-electron chi connectivity index (χ3n) is 5.15. The summed E-state index contributed by atoms with van der Waals surface area (Å²) >= 11 is 0. The van der Waals surface area contributed by atoms with Gasteiger partial charge >= 0.3 is 0 Å². The van der Waals surface area contributed by atoms with Crippen molar-refractivity contribution in [3.8, 4) is 5.75 Å². The third kappa shape index (κ3) is 2.79. The minimum absolute atomic E-state index is 0.00890. The Hall–Kier alpha value is -1.63. The lowest BCUT2D eigenvalue weighted by Crippen LogP contribution is -2.47. The molecule has 2 N–H and O–H groups in total. The number of benzene rings is 2. The highest BCUT2D eigenvalue weighted by Gasteiger charge is 2.35. The summed E-state index contributed by atoms with van der Waals surface area (Å²) in [4.78, 5) is 0.324. The molecule has 2 atom stereocenters. The van der Waals surface area contributed by atoms with Gasteiger partial charge in [0.05, 0.1) is 12.0 Å². The molecule has 2 aromatic carbocycles. The Morgan fingerprint density at radius 3 is 2.38 bits per heavy atom. The Labute approximate surface area is 142 Å². The predicted octanol–water partition coefficient (Wildman–Crippen LogP) is 2.41. The Bertz CT molecular complexity index is 854. The maximum Gasteiger partial charge on any atom is 0.241 e. The Morgan fingerprint density at radius 2 is 1.71 bits per heavy atom. The van der Waals surface area contributed by atoms with E-state index in [0.29, 0.717) is 28.1 Å². The molecule has 0 spiro atoms. The molecule has 6 heteroatoms. The number of hydrogen-bond acceptors (Lipinski definition) is 4. The van der Waals surface area contributed by atoms with E-state index < -0.39 is 10.0 Å². The molecule has 0 aromatic heterocycles. The van der Waals surface area contributed by atoms with Crippen LogP contribution in [-0.2, 0) is 10.0 Å². The molecule has 2 heterocycles. The van der Waals surface area contributed by atoms with Crippen molar-refractivity contribution in [3.05, 3.63) is 36.4 Å². The summed E-state index contributed by atoms with van der Waals surface area (Å²) in [7, 11) is -1.97. The van der Waals surface area contributed by atoms with Gasteiger partial charge in [-0.2, -0.15) is 0 Å². The number of methoxy groups -OCH3 is 1. The van der Waals surface area contributed by atoms with Crippen LogP contribution in [0, 0.1) is 0 Å². The zero-order chi connectivity index (χ0) is 16.7. The van der Waals surface area contributed by atoms with Crippen LogP contribution in [0.1, 0.15) is 25.7 Å². The standard InChI is InChI=1S/C18H22N2O3S/c1-23-17-8-9-18(16-5-3-2-4-15(16)17)24(21,22)20-14-10-12-6-7-13(11-14)19-12/h2-5,8-9,12-14,19-20H,6-7,10-11H2,1H3. The lowest BCUT2D eigenvalue weighted by atomic mass is 10.0. The molecule has 4 rings (SSSR count). The Kier molecular flexibility index (Phi) is 3.98. The van der Waals surface area contributed by atoms with Gasteiger partial charge in [-0.25, -0.2) is 13.1 Å². The number of hydrogen-bond donors (Lipinski definition) is 2. The van der Waals surface area contributed by atoms with Gasteiger partial charge in [0.1, 0.15) is 5.75 Å². The topological polar surface area (TPSA) is 67.4 Å². The molecule has 0 amide bonds. The maximum atomic E-state index is 13.0. The van der Waals surface area contributed by atoms with Gasteiger partial charge in [0.15, 0.2) is 0 Å². The number of piperidine rings is 1. The summed E-state index contributed by atoms with van der Waals surface area (Å²) < 4.78 is 34.2. The molecule has 0 saturated carbocycles. The first-order valence-corrected chi connectivity index (χ1v) is 9.89. The van der Waals surface area contributed by atoms with Crippen LogP contribution in [0.25, 0.3) is 10.8 Å². The molecule has 5 nitrogen and oxygen atoms in total. The van der Waals surface area contributed by atoms with Gasteiger partial charge < -0.3 is 10.1 Å². The second-order valence-electron chi connectivity index (χ2n) is 6.74. The Morgan fingerprint density at radius 1 is 1.04 bits per heavy atom. The minimum atomic E-state index is -3.56. The number of fused-ring (bicyclic) bond motifs is 3. The van der Waals surface area contributed by atoms with Crippen LogP contribution in [0.15, 0.2) is 41.3 Å². The zero-order valence-corrected chi connectivity index (χ0v) is 14.5. The van der Waals surface area contributed by atoms with Gasteiger partial charge in [-0.1, -0.05) is 24.3 Å². The number of nitrogens with one attached hydrogen (secondary N) is 2. The fourth-order valence-electron chi connectivity index (χ4n) is 4.09. The minimum Gasteiger partial charge on any atom is -0.496 e. The van der Waals surface area contributed by atoms with Crippen LogP contribution in [0.2, 0.25) is 0 Å². The van der Waals surface area contributed by atoms with Crippen molar-refractivity contribution in [1.82, 2.24) is 10.0 Å². The van der Waals surface area contributed by atoms with Crippen LogP contribution in [0.3, 0.4) is 0 Å². The molecule has 2 fully saturated rings. The van der Waals surface area contributed by atoms with Crippen LogP contribution < -0.4 is 14.8 Å². The van der Waals surface area contributed by atoms with Crippen molar-refractivity contribution in [2.24, 2.45) is 0 Å². The first-order valence-electron chi connectivity index (χ1n) is 8.41. The molecule has 2 bridgehead atoms. The van der Waals surface area contributed by atoms with E-state index >= 15 is 0 Å². The molecular weight excluding hydrogens is 324 g/mol. The summed E-state index contributed by atoms with van der Waals surface area (Å²) in [6.45, 7) is 0. The molecule has 24 heavy (non-hydrogen) atoms. The van der Waals surface area contributed by atoms with Crippen molar-refractivity contribution in [3.63, 3.8) is 0 Å². The van der Waals surface area contributed by atoms with E-state index in [9.17, 15) is 8.42 Å². The van der Waals surface area contributed by atoms with Crippen molar-refractivity contribution in [1.29, 1.82) is 0 Å². The maximum absolute atomic E-state index is 13.0. The summed E-state index contributed by atoms with van der Waals surface area (Å²) in [6, 6.07) is 11.7. The van der Waals surface area contributed by atoms with E-state index in [1.54, 1.807) is 19.2 Å². The summed E-state index contributed by atoms with van der Waals surface area (Å²) in [6.07, 6.45) is 4.02. The average molecular weight is 346 g/mol. The summed E-state index contributed by atoms with van der Waals surface area (Å²) in [5.74, 6) is 0.685. The average Bonchev–Trinajstić information content (AvgIpc) is 2.92. The van der Waals surface area contributed by atoms with E-state index in [1.807, 2.05) is 24.3 Å². The van der Waals surface area contributed by atoms with E-state index in [4.69, 9.17) is 4.74 Å². The predicted molar refractivity (Wildman–Crippen MR) is 93.8 cm³/mol. The molecule has 0 radical (unpaired) electrons. The molecule has 2 aliphatic rings. The van der Waals surface area contributed by atoms with Crippen molar-refractivity contribution in [2.45, 2.75) is 48.7 Å². The lowest BCUT2D eigenvalue weighted by Gasteiger charge is -2.29. The van der Waals surface area contributed by atoms with Gasteiger partial charge in [-0.15, -0.1) is 0 Å². The van der Waals surface area contributed by atoms with Gasteiger partial charge in [-0.05, 0) is 37.8 Å². The van der Waals surface area contributed by atoms with Crippen molar-refractivity contribution < 1.29 is 13.2 Å². The van der Waals surface area contributed by atoms with Crippen LogP contribution in [-0.4, -0.2) is 33.7 Å². The highest BCUT2D eigenvalue weighted by Crippen LogP contribution is 2.32. The molecule has 2 aromatic rings. The molecule has 2 unspecified atom stereocenters. The Balaban J connectivity index is 1.68. The molecule has 2 saturated heterocycles.